The van der Waals surface area contributed by atoms with Crippen LogP contribution in [0.25, 0.3) is 49.8 Å². The van der Waals surface area contributed by atoms with Crippen molar-refractivity contribution in [2.45, 2.75) is 46.6 Å². The van der Waals surface area contributed by atoms with Gasteiger partial charge in [-0.15, -0.1) is 0 Å². The highest BCUT2D eigenvalue weighted by atomic mass is 16.3. The molecule has 5 heteroatoms. The van der Waals surface area contributed by atoms with E-state index in [-0.39, 0.29) is 5.76 Å². The first-order chi connectivity index (χ1) is 33.2. The fourth-order valence-electron chi connectivity index (χ4n) is 8.17. The van der Waals surface area contributed by atoms with Gasteiger partial charge in [0.2, 0.25) is 0 Å². The molecule has 7 aromatic rings. The first-order valence-electron chi connectivity index (χ1n) is 23.1. The van der Waals surface area contributed by atoms with E-state index in [1.807, 2.05) is 79.8 Å². The lowest BCUT2D eigenvalue weighted by Gasteiger charge is -2.18. The molecule has 1 atom stereocenters. The maximum absolute atomic E-state index is 10.4. The number of nitrogens with zero attached hydrogens (tertiary/aromatic N) is 1. The van der Waals surface area contributed by atoms with Gasteiger partial charge < -0.3 is 21.0 Å². The molecule has 5 N–H and O–H groups in total. The summed E-state index contributed by atoms with van der Waals surface area (Å²) >= 11 is 0. The topological polar surface area (TPSA) is 97.8 Å². The SMILES string of the molecule is C=C/C=C\C(C(=C)/C=C/C=C/C(=C\C(=C/C=C\C)c1ccc2oc3ccccc3c2c1)C(N=C(N)c1ccc(-c2ccc(C)c(-c3ccccc3CCC)c2)cc1)c1ccccc1)=C(/C)O.CN. The molecule has 0 aliphatic heterocycles. The molecule has 1 aromatic heterocycles. The number of para-hydroxylation sites is 1. The Bertz CT molecular complexity index is 3110. The fourth-order valence-corrected chi connectivity index (χ4v) is 8.17. The van der Waals surface area contributed by atoms with Gasteiger partial charge in [0.05, 0.1) is 5.76 Å². The number of fused-ring (bicyclic) bond motifs is 3. The van der Waals surface area contributed by atoms with Gasteiger partial charge in [0.1, 0.15) is 23.0 Å². The summed E-state index contributed by atoms with van der Waals surface area (Å²) in [5, 5.41) is 12.5. The van der Waals surface area contributed by atoms with Gasteiger partial charge in [0, 0.05) is 21.9 Å². The monoisotopic (exact) mass is 893 g/mol. The van der Waals surface area contributed by atoms with Crippen LogP contribution in [0.5, 0.6) is 0 Å². The van der Waals surface area contributed by atoms with Crippen LogP contribution in [0.3, 0.4) is 0 Å². The second kappa shape index (κ2) is 24.5. The molecule has 0 saturated carbocycles. The highest BCUT2D eigenvalue weighted by molar-refractivity contribution is 6.06. The number of aliphatic hydroxyl groups excluding tert-OH is 1. The molecule has 6 aromatic carbocycles. The predicted molar refractivity (Wildman–Crippen MR) is 293 cm³/mol. The van der Waals surface area contributed by atoms with Crippen LogP contribution in [-0.2, 0) is 6.42 Å². The third-order valence-corrected chi connectivity index (χ3v) is 11.6. The van der Waals surface area contributed by atoms with Crippen LogP contribution >= 0.6 is 0 Å². The van der Waals surface area contributed by atoms with Gasteiger partial charge in [0.25, 0.3) is 0 Å². The number of benzene rings is 6. The van der Waals surface area contributed by atoms with E-state index in [0.717, 1.165) is 73.7 Å². The van der Waals surface area contributed by atoms with Crippen molar-refractivity contribution in [3.8, 4) is 22.3 Å². The van der Waals surface area contributed by atoms with Crippen molar-refractivity contribution >= 4 is 33.3 Å². The summed E-state index contributed by atoms with van der Waals surface area (Å²) in [6, 6.07) is 48.0. The Labute approximate surface area is 403 Å². The van der Waals surface area contributed by atoms with Gasteiger partial charge in [-0.05, 0) is 126 Å². The Morgan fingerprint density at radius 2 is 1.40 bits per heavy atom. The lowest BCUT2D eigenvalue weighted by Crippen LogP contribution is -2.16. The second-order valence-corrected chi connectivity index (χ2v) is 16.3. The van der Waals surface area contributed by atoms with Gasteiger partial charge in [-0.3, -0.25) is 4.99 Å². The number of hydrogen-bond donors (Lipinski definition) is 3. The van der Waals surface area contributed by atoms with Crippen LogP contribution in [0.1, 0.15) is 61.1 Å². The lowest BCUT2D eigenvalue weighted by molar-refractivity contribution is 0.410. The molecule has 68 heavy (non-hydrogen) atoms. The lowest BCUT2D eigenvalue weighted by atomic mass is 9.91. The molecule has 1 heterocycles. The van der Waals surface area contributed by atoms with Crippen LogP contribution in [0.15, 0.2) is 251 Å². The van der Waals surface area contributed by atoms with Crippen molar-refractivity contribution in [2.75, 3.05) is 7.05 Å². The van der Waals surface area contributed by atoms with Crippen LogP contribution < -0.4 is 11.5 Å². The number of furan rings is 1. The van der Waals surface area contributed by atoms with Crippen molar-refractivity contribution in [2.24, 2.45) is 16.5 Å². The highest BCUT2D eigenvalue weighted by Crippen LogP contribution is 2.36. The second-order valence-electron chi connectivity index (χ2n) is 16.3. The summed E-state index contributed by atoms with van der Waals surface area (Å²) in [6.45, 7) is 16.1. The zero-order chi connectivity index (χ0) is 48.4. The van der Waals surface area contributed by atoms with Gasteiger partial charge in [-0.1, -0.05) is 203 Å². The molecule has 0 bridgehead atoms. The molecule has 0 spiro atoms. The average molecular weight is 894 g/mol. The third kappa shape index (κ3) is 12.3. The standard InChI is InChI=1S/C62H58N2O2.CH5N/c1-7-10-23-50(52-38-39-60-58(42-52)56-30-19-20-31-59(56)66-60)40-53(27-16-15-22-43(4)54(45(6)65)28-11-8-2)61(48-25-13-12-14-26-48)64-62(63)49-36-34-46(35-37-49)51-33-32-44(5)57(41-51)55-29-18-17-24-47(55)21-9-3;1-2/h7-8,10-20,22-42,61,65H,2,4,9,21H2,1,3,5-6H3,(H2,63,64);2H2,1H3/b10-7-,22-15+,27-16+,28-11-,50-23+,53-40+,54-45-;. The number of allylic oxidation sites excluding steroid dienone is 14. The predicted octanol–water partition coefficient (Wildman–Crippen LogP) is 16.0. The van der Waals surface area contributed by atoms with Crippen molar-refractivity contribution in [3.05, 3.63) is 270 Å². The molecule has 5 nitrogen and oxygen atoms in total. The smallest absolute Gasteiger partial charge is 0.135 e. The number of amidine groups is 1. The molecular weight excluding hydrogens is 831 g/mol. The van der Waals surface area contributed by atoms with E-state index in [2.05, 4.69) is 148 Å². The molecule has 0 amide bonds. The molecule has 342 valence electrons. The number of hydrogen-bond acceptors (Lipinski definition) is 4. The van der Waals surface area contributed by atoms with E-state index < -0.39 is 6.04 Å². The Balaban J connectivity index is 0.00000376. The minimum absolute atomic E-state index is 0.173. The summed E-state index contributed by atoms with van der Waals surface area (Å²) in [5.74, 6) is 0.594. The highest BCUT2D eigenvalue weighted by Gasteiger charge is 2.18. The number of aliphatic imine (C=N–C) groups is 1. The molecule has 7 rings (SSSR count). The van der Waals surface area contributed by atoms with E-state index in [9.17, 15) is 5.11 Å². The van der Waals surface area contributed by atoms with Crippen LogP contribution in [0.4, 0.5) is 0 Å². The van der Waals surface area contributed by atoms with E-state index in [0.29, 0.717) is 17.0 Å². The molecule has 0 fully saturated rings. The maximum atomic E-state index is 10.4. The zero-order valence-corrected chi connectivity index (χ0v) is 40.0. The quantitative estimate of drug-likeness (QED) is 0.0367. The molecule has 0 aliphatic carbocycles. The summed E-state index contributed by atoms with van der Waals surface area (Å²) in [5.41, 5.74) is 26.6. The minimum Gasteiger partial charge on any atom is -0.512 e. The van der Waals surface area contributed by atoms with Crippen molar-refractivity contribution in [1.29, 1.82) is 0 Å². The number of rotatable bonds is 17. The number of nitrogens with two attached hydrogens (primary N) is 2. The van der Waals surface area contributed by atoms with Crippen molar-refractivity contribution < 1.29 is 9.52 Å². The first-order valence-corrected chi connectivity index (χ1v) is 23.1. The summed E-state index contributed by atoms with van der Waals surface area (Å²) in [7, 11) is 1.50. The molecule has 0 radical (unpaired) electrons. The van der Waals surface area contributed by atoms with Crippen LogP contribution in [-0.4, -0.2) is 18.0 Å². The summed E-state index contributed by atoms with van der Waals surface area (Å²) in [6.07, 6.45) is 23.6. The first kappa shape index (κ1) is 49.4. The van der Waals surface area contributed by atoms with E-state index in [4.69, 9.17) is 15.1 Å². The normalized spacial score (nSPS) is 13.4. The zero-order valence-electron chi connectivity index (χ0n) is 40.0. The van der Waals surface area contributed by atoms with E-state index in [1.165, 1.54) is 29.3 Å². The largest absolute Gasteiger partial charge is 0.512 e. The fraction of sp³-hybridized carbons (Fsp3) is 0.127. The molecule has 0 aliphatic rings. The molecule has 1 unspecified atom stereocenters. The molecular formula is C63H63N3O2. The number of aliphatic hydroxyl groups is 1. The maximum Gasteiger partial charge on any atom is 0.135 e. The van der Waals surface area contributed by atoms with Gasteiger partial charge in [-0.2, -0.15) is 0 Å². The number of aryl methyl sites for hydroxylation is 2. The average Bonchev–Trinajstić information content (AvgIpc) is 3.75. The van der Waals surface area contributed by atoms with Crippen LogP contribution in [0, 0.1) is 6.92 Å². The molecule has 0 saturated heterocycles. The Morgan fingerprint density at radius 1 is 0.721 bits per heavy atom. The van der Waals surface area contributed by atoms with Crippen LogP contribution in [0.2, 0.25) is 0 Å². The Kier molecular flexibility index (Phi) is 17.8. The minimum atomic E-state index is -0.486. The van der Waals surface area contributed by atoms with Gasteiger partial charge >= 0.3 is 0 Å². The van der Waals surface area contributed by atoms with Gasteiger partial charge in [0.15, 0.2) is 0 Å². The Morgan fingerprint density at radius 3 is 2.13 bits per heavy atom. The Hall–Kier alpha value is -7.99. The van der Waals surface area contributed by atoms with Gasteiger partial charge in [-0.25, -0.2) is 0 Å². The van der Waals surface area contributed by atoms with Crippen molar-refractivity contribution in [1.82, 2.24) is 0 Å². The van der Waals surface area contributed by atoms with Crippen molar-refractivity contribution in [3.63, 3.8) is 0 Å². The van der Waals surface area contributed by atoms with E-state index in [1.54, 1.807) is 25.2 Å². The van der Waals surface area contributed by atoms with E-state index >= 15 is 0 Å². The third-order valence-electron chi connectivity index (χ3n) is 11.6. The summed E-state index contributed by atoms with van der Waals surface area (Å²) < 4.78 is 6.21. The summed E-state index contributed by atoms with van der Waals surface area (Å²) in [4.78, 5) is 5.33.